The number of hydrogen-bond donors (Lipinski definition) is 2. The summed E-state index contributed by atoms with van der Waals surface area (Å²) in [6.07, 6.45) is -1.90. The predicted molar refractivity (Wildman–Crippen MR) is 32.5 cm³/mol. The zero-order valence-corrected chi connectivity index (χ0v) is 6.82. The number of aliphatic hydroxyl groups excluding tert-OH is 1. The van der Waals surface area contributed by atoms with Crippen molar-refractivity contribution < 1.29 is 43.8 Å². The van der Waals surface area contributed by atoms with Crippen molar-refractivity contribution in [3.05, 3.63) is 0 Å². The fourth-order valence-electron chi connectivity index (χ4n) is 0.585. The molecule has 2 N–H and O–H groups in total. The van der Waals surface area contributed by atoms with Gasteiger partial charge in [-0.3, -0.25) is 4.79 Å². The first-order chi connectivity index (χ1) is 5.02. The standard InChI is InChI=1S/C6H10O5.Li/c7-4(3-6(10)11)1-2-5(8)9;/h4,7H,1-3H2,(H,8,9)(H,10,11);/q;+1/p-1. The van der Waals surface area contributed by atoms with Crippen LogP contribution in [0.15, 0.2) is 0 Å². The van der Waals surface area contributed by atoms with Gasteiger partial charge in [-0.1, -0.05) is 0 Å². The predicted octanol–water partition coefficient (Wildman–Crippen LogP) is -4.64. The van der Waals surface area contributed by atoms with Crippen molar-refractivity contribution in [3.8, 4) is 0 Å². The second-order valence-electron chi connectivity index (χ2n) is 2.16. The van der Waals surface area contributed by atoms with E-state index in [-0.39, 0.29) is 31.7 Å². The Hall–Kier alpha value is -0.503. The number of aliphatic carboxylic acids is 2. The minimum absolute atomic E-state index is 0. The Balaban J connectivity index is 0. The molecule has 0 aliphatic carbocycles. The second kappa shape index (κ2) is 7.16. The number of aliphatic hydroxyl groups is 1. The van der Waals surface area contributed by atoms with E-state index in [0.29, 0.717) is 0 Å². The molecule has 0 fully saturated rings. The summed E-state index contributed by atoms with van der Waals surface area (Å²) in [6.45, 7) is 0. The van der Waals surface area contributed by atoms with E-state index in [9.17, 15) is 14.7 Å². The van der Waals surface area contributed by atoms with Crippen molar-refractivity contribution in [3.63, 3.8) is 0 Å². The zero-order chi connectivity index (χ0) is 8.85. The number of carbonyl (C=O) groups is 2. The Kier molecular flexibility index (Phi) is 8.38. The molecule has 0 saturated carbocycles. The average Bonchev–Trinajstić information content (AvgIpc) is 1.82. The van der Waals surface area contributed by atoms with E-state index in [1.807, 2.05) is 0 Å². The van der Waals surface area contributed by atoms with E-state index in [1.165, 1.54) is 0 Å². The van der Waals surface area contributed by atoms with Gasteiger partial charge in [0.2, 0.25) is 0 Å². The van der Waals surface area contributed by atoms with Crippen molar-refractivity contribution in [2.45, 2.75) is 25.4 Å². The molecule has 1 atom stereocenters. The van der Waals surface area contributed by atoms with E-state index < -0.39 is 24.5 Å². The minimum atomic E-state index is -1.37. The third kappa shape index (κ3) is 9.50. The first-order valence-electron chi connectivity index (χ1n) is 3.12. The maximum Gasteiger partial charge on any atom is 1.00 e. The number of carbonyl (C=O) groups excluding carboxylic acids is 1. The summed E-state index contributed by atoms with van der Waals surface area (Å²) in [5.74, 6) is -2.43. The topological polar surface area (TPSA) is 97.7 Å². The average molecular weight is 168 g/mol. The van der Waals surface area contributed by atoms with E-state index in [2.05, 4.69) is 0 Å². The molecule has 0 saturated heterocycles. The van der Waals surface area contributed by atoms with Gasteiger partial charge in [0, 0.05) is 18.8 Å². The minimum Gasteiger partial charge on any atom is -0.550 e. The molecule has 5 nitrogen and oxygen atoms in total. The zero-order valence-electron chi connectivity index (χ0n) is 6.82. The van der Waals surface area contributed by atoms with Crippen LogP contribution in [0.2, 0.25) is 0 Å². The van der Waals surface area contributed by atoms with Crippen molar-refractivity contribution in [2.24, 2.45) is 0 Å². The van der Waals surface area contributed by atoms with Gasteiger partial charge in [0.15, 0.2) is 0 Å². The van der Waals surface area contributed by atoms with E-state index in [1.54, 1.807) is 0 Å². The Morgan fingerprint density at radius 3 is 2.25 bits per heavy atom. The summed E-state index contributed by atoms with van der Waals surface area (Å²) in [5.41, 5.74) is 0. The molecular formula is C6H9LiO5. The molecule has 0 bridgehead atoms. The molecule has 0 aromatic carbocycles. The quantitative estimate of drug-likeness (QED) is 0.402. The summed E-state index contributed by atoms with van der Waals surface area (Å²) in [4.78, 5) is 19.8. The van der Waals surface area contributed by atoms with Crippen molar-refractivity contribution in [1.82, 2.24) is 0 Å². The Morgan fingerprint density at radius 2 is 1.92 bits per heavy atom. The summed E-state index contributed by atoms with van der Waals surface area (Å²) in [6, 6.07) is 0. The maximum absolute atomic E-state index is 9.92. The molecule has 0 aromatic rings. The van der Waals surface area contributed by atoms with E-state index >= 15 is 0 Å². The van der Waals surface area contributed by atoms with Crippen LogP contribution in [-0.4, -0.2) is 28.3 Å². The first kappa shape index (κ1) is 14.0. The SMILES string of the molecule is O=C([O-])CC(O)CCC(=O)O.[Li+]. The van der Waals surface area contributed by atoms with Crippen LogP contribution >= 0.6 is 0 Å². The molecule has 0 rings (SSSR count). The molecule has 12 heavy (non-hydrogen) atoms. The molecule has 64 valence electrons. The summed E-state index contributed by atoms with van der Waals surface area (Å²) < 4.78 is 0. The summed E-state index contributed by atoms with van der Waals surface area (Å²) in [5, 5.41) is 26.7. The van der Waals surface area contributed by atoms with Gasteiger partial charge in [-0.15, -0.1) is 0 Å². The van der Waals surface area contributed by atoms with Crippen LogP contribution in [0, 0.1) is 0 Å². The van der Waals surface area contributed by atoms with Gasteiger partial charge in [0.05, 0.1) is 6.10 Å². The molecule has 0 aromatic heterocycles. The van der Waals surface area contributed by atoms with Crippen LogP contribution in [0.3, 0.4) is 0 Å². The van der Waals surface area contributed by atoms with Gasteiger partial charge >= 0.3 is 24.8 Å². The van der Waals surface area contributed by atoms with Gasteiger partial charge in [0.1, 0.15) is 0 Å². The Morgan fingerprint density at radius 1 is 1.42 bits per heavy atom. The third-order valence-electron chi connectivity index (χ3n) is 1.09. The fraction of sp³-hybridized carbons (Fsp3) is 0.667. The monoisotopic (exact) mass is 168 g/mol. The molecular weight excluding hydrogens is 159 g/mol. The molecule has 1 unspecified atom stereocenters. The van der Waals surface area contributed by atoms with Crippen LogP contribution in [0.25, 0.3) is 0 Å². The molecule has 0 aliphatic heterocycles. The molecule has 0 spiro atoms. The van der Waals surface area contributed by atoms with Gasteiger partial charge in [0.25, 0.3) is 0 Å². The van der Waals surface area contributed by atoms with Crippen LogP contribution in [0.1, 0.15) is 19.3 Å². The van der Waals surface area contributed by atoms with Crippen LogP contribution < -0.4 is 24.0 Å². The second-order valence-corrected chi connectivity index (χ2v) is 2.16. The fourth-order valence-corrected chi connectivity index (χ4v) is 0.585. The number of carboxylic acid groups (broad SMARTS) is 2. The van der Waals surface area contributed by atoms with Gasteiger partial charge in [-0.05, 0) is 6.42 Å². The first-order valence-corrected chi connectivity index (χ1v) is 3.12. The molecule has 6 heteroatoms. The van der Waals surface area contributed by atoms with Crippen molar-refractivity contribution >= 4 is 11.9 Å². The van der Waals surface area contributed by atoms with Gasteiger partial charge < -0.3 is 20.1 Å². The normalized spacial score (nSPS) is 11.4. The number of hydrogen-bond acceptors (Lipinski definition) is 4. The number of rotatable bonds is 5. The Bertz CT molecular complexity index is 158. The smallest absolute Gasteiger partial charge is 0.550 e. The van der Waals surface area contributed by atoms with Crippen molar-refractivity contribution in [2.75, 3.05) is 0 Å². The van der Waals surface area contributed by atoms with Crippen LogP contribution in [-0.2, 0) is 9.59 Å². The summed E-state index contributed by atoms with van der Waals surface area (Å²) >= 11 is 0. The maximum atomic E-state index is 9.92. The van der Waals surface area contributed by atoms with Gasteiger partial charge in [-0.2, -0.15) is 0 Å². The van der Waals surface area contributed by atoms with E-state index in [4.69, 9.17) is 10.2 Å². The number of carboxylic acids is 2. The summed E-state index contributed by atoms with van der Waals surface area (Å²) in [7, 11) is 0. The molecule has 0 aliphatic rings. The Labute approximate surface area is 81.6 Å². The van der Waals surface area contributed by atoms with Crippen LogP contribution in [0.4, 0.5) is 0 Å². The molecule has 0 radical (unpaired) electrons. The molecule has 0 heterocycles. The van der Waals surface area contributed by atoms with E-state index in [0.717, 1.165) is 0 Å². The van der Waals surface area contributed by atoms with Crippen LogP contribution in [0.5, 0.6) is 0 Å². The third-order valence-corrected chi connectivity index (χ3v) is 1.09. The molecule has 0 amide bonds. The largest absolute Gasteiger partial charge is 1.00 e. The van der Waals surface area contributed by atoms with Crippen molar-refractivity contribution in [1.29, 1.82) is 0 Å². The van der Waals surface area contributed by atoms with Gasteiger partial charge in [-0.25, -0.2) is 0 Å².